The van der Waals surface area contributed by atoms with Crippen molar-refractivity contribution < 1.29 is 19.1 Å². The summed E-state index contributed by atoms with van der Waals surface area (Å²) in [4.78, 5) is 31.0. The highest BCUT2D eigenvalue weighted by molar-refractivity contribution is 5.84. The molecule has 1 aliphatic rings. The fourth-order valence-electron chi connectivity index (χ4n) is 3.95. The van der Waals surface area contributed by atoms with Gasteiger partial charge in [-0.25, -0.2) is 0 Å². The predicted molar refractivity (Wildman–Crippen MR) is 126 cm³/mol. The monoisotopic (exact) mass is 447 g/mol. The molecule has 0 spiro atoms. The van der Waals surface area contributed by atoms with Gasteiger partial charge in [0.15, 0.2) is 6.61 Å². The molecule has 33 heavy (non-hydrogen) atoms. The molecule has 1 aromatic heterocycles. The Hall–Kier alpha value is -3.61. The number of carbonyl (C=O) groups excluding carboxylic acids is 2. The van der Waals surface area contributed by atoms with Crippen LogP contribution >= 0.6 is 0 Å². The molecule has 2 aromatic carbocycles. The van der Waals surface area contributed by atoms with Crippen molar-refractivity contribution >= 4 is 22.7 Å². The minimum atomic E-state index is -0.0627. The molecule has 4 rings (SSSR count). The highest BCUT2D eigenvalue weighted by Crippen LogP contribution is 2.23. The van der Waals surface area contributed by atoms with Crippen LogP contribution in [0.15, 0.2) is 66.9 Å². The number of likely N-dealkylation sites (tertiary alicyclic amines) is 1. The summed E-state index contributed by atoms with van der Waals surface area (Å²) in [6.45, 7) is 2.23. The van der Waals surface area contributed by atoms with E-state index in [4.69, 9.17) is 9.47 Å². The first kappa shape index (κ1) is 22.6. The zero-order valence-corrected chi connectivity index (χ0v) is 18.6. The quantitative estimate of drug-likeness (QED) is 0.508. The molecule has 2 heterocycles. The van der Waals surface area contributed by atoms with Gasteiger partial charge in [-0.15, -0.1) is 0 Å². The van der Waals surface area contributed by atoms with Gasteiger partial charge in [0.2, 0.25) is 5.91 Å². The number of hydrogen-bond acceptors (Lipinski definition) is 5. The number of benzene rings is 2. The van der Waals surface area contributed by atoms with Crippen molar-refractivity contribution in [3.63, 3.8) is 0 Å². The highest BCUT2D eigenvalue weighted by Gasteiger charge is 2.27. The van der Waals surface area contributed by atoms with E-state index in [1.165, 1.54) is 0 Å². The average Bonchev–Trinajstić information content (AvgIpc) is 2.87. The fraction of sp³-hybridized carbons (Fsp3) is 0.346. The molecular formula is C26H29N3O4. The van der Waals surface area contributed by atoms with Crippen LogP contribution in [0.3, 0.4) is 0 Å². The summed E-state index contributed by atoms with van der Waals surface area (Å²) in [6, 6.07) is 19.1. The van der Waals surface area contributed by atoms with E-state index >= 15 is 0 Å². The third-order valence-electron chi connectivity index (χ3n) is 5.80. The van der Waals surface area contributed by atoms with Crippen LogP contribution in [0.4, 0.5) is 0 Å². The Morgan fingerprint density at radius 1 is 0.970 bits per heavy atom. The Labute approximate surface area is 193 Å². The Morgan fingerprint density at radius 3 is 2.58 bits per heavy atom. The standard InChI is InChI=1S/C26H29N3O4/c30-24(19-33-22-9-2-1-3-10-22)29-16-12-21(13-17-29)26(31)28-15-6-18-32-23-11-4-7-20-8-5-14-27-25(20)23/h1-5,7-11,14,21H,6,12-13,15-19H2,(H,28,31). The first-order valence-electron chi connectivity index (χ1n) is 11.4. The number of rotatable bonds is 9. The molecule has 1 fully saturated rings. The molecule has 7 heteroatoms. The van der Waals surface area contributed by atoms with Gasteiger partial charge >= 0.3 is 0 Å². The topological polar surface area (TPSA) is 80.8 Å². The number of ether oxygens (including phenoxy) is 2. The zero-order valence-electron chi connectivity index (χ0n) is 18.6. The summed E-state index contributed by atoms with van der Waals surface area (Å²) in [7, 11) is 0. The lowest BCUT2D eigenvalue weighted by Crippen LogP contribution is -2.44. The van der Waals surface area contributed by atoms with E-state index in [2.05, 4.69) is 10.3 Å². The number of nitrogens with zero attached hydrogens (tertiary/aromatic N) is 2. The van der Waals surface area contributed by atoms with Crippen molar-refractivity contribution in [3.05, 3.63) is 66.9 Å². The van der Waals surface area contributed by atoms with Crippen LogP contribution in [-0.2, 0) is 9.59 Å². The van der Waals surface area contributed by atoms with Gasteiger partial charge in [-0.3, -0.25) is 14.6 Å². The smallest absolute Gasteiger partial charge is 0.260 e. The van der Waals surface area contributed by atoms with E-state index in [-0.39, 0.29) is 24.3 Å². The number of carbonyl (C=O) groups is 2. The normalized spacial score (nSPS) is 14.1. The number of hydrogen-bond donors (Lipinski definition) is 1. The Bertz CT molecular complexity index is 1060. The maximum absolute atomic E-state index is 12.5. The van der Waals surface area contributed by atoms with Crippen LogP contribution in [0.1, 0.15) is 19.3 Å². The molecule has 7 nitrogen and oxygen atoms in total. The van der Waals surface area contributed by atoms with Crippen molar-refractivity contribution in [2.24, 2.45) is 5.92 Å². The Kier molecular flexibility index (Phi) is 7.74. The first-order valence-corrected chi connectivity index (χ1v) is 11.4. The SMILES string of the molecule is O=C(NCCCOc1cccc2cccnc12)C1CCN(C(=O)COc2ccccc2)CC1. The second kappa shape index (κ2) is 11.3. The molecule has 172 valence electrons. The molecular weight excluding hydrogens is 418 g/mol. The van der Waals surface area contributed by atoms with Gasteiger partial charge in [-0.2, -0.15) is 0 Å². The van der Waals surface area contributed by atoms with Gasteiger partial charge in [0, 0.05) is 37.1 Å². The number of nitrogens with one attached hydrogen (secondary N) is 1. The summed E-state index contributed by atoms with van der Waals surface area (Å²) in [5.74, 6) is 1.38. The Balaban J connectivity index is 1.12. The van der Waals surface area contributed by atoms with E-state index < -0.39 is 0 Å². The van der Waals surface area contributed by atoms with Crippen LogP contribution in [0.2, 0.25) is 0 Å². The van der Waals surface area contributed by atoms with E-state index in [9.17, 15) is 9.59 Å². The van der Waals surface area contributed by atoms with E-state index in [0.29, 0.717) is 51.3 Å². The second-order valence-electron chi connectivity index (χ2n) is 8.08. The van der Waals surface area contributed by atoms with Gasteiger partial charge in [0.25, 0.3) is 5.91 Å². The number of piperidine rings is 1. The number of pyridine rings is 1. The van der Waals surface area contributed by atoms with Crippen LogP contribution in [0, 0.1) is 5.92 Å². The molecule has 1 N–H and O–H groups in total. The van der Waals surface area contributed by atoms with Gasteiger partial charge in [0.1, 0.15) is 17.0 Å². The minimum absolute atomic E-state index is 0.0209. The molecule has 0 aliphatic carbocycles. The van der Waals surface area contributed by atoms with E-state index in [1.807, 2.05) is 60.7 Å². The second-order valence-corrected chi connectivity index (χ2v) is 8.08. The lowest BCUT2D eigenvalue weighted by atomic mass is 9.96. The molecule has 1 aliphatic heterocycles. The largest absolute Gasteiger partial charge is 0.491 e. The summed E-state index contributed by atoms with van der Waals surface area (Å²) >= 11 is 0. The third-order valence-corrected chi connectivity index (χ3v) is 5.80. The van der Waals surface area contributed by atoms with E-state index in [1.54, 1.807) is 11.1 Å². The molecule has 0 bridgehead atoms. The molecule has 0 atom stereocenters. The van der Waals surface area contributed by atoms with Gasteiger partial charge in [-0.05, 0) is 43.5 Å². The van der Waals surface area contributed by atoms with Gasteiger partial charge in [0.05, 0.1) is 6.61 Å². The molecule has 3 aromatic rings. The van der Waals surface area contributed by atoms with Gasteiger partial charge in [-0.1, -0.05) is 36.4 Å². The first-order chi connectivity index (χ1) is 16.2. The zero-order chi connectivity index (χ0) is 22.9. The maximum atomic E-state index is 12.5. The van der Waals surface area contributed by atoms with Crippen molar-refractivity contribution in [2.75, 3.05) is 32.8 Å². The van der Waals surface area contributed by atoms with Crippen molar-refractivity contribution in [1.82, 2.24) is 15.2 Å². The summed E-state index contributed by atoms with van der Waals surface area (Å²) in [6.07, 6.45) is 3.80. The lowest BCUT2D eigenvalue weighted by molar-refractivity contribution is -0.137. The van der Waals surface area contributed by atoms with Crippen LogP contribution < -0.4 is 14.8 Å². The van der Waals surface area contributed by atoms with Gasteiger partial charge < -0.3 is 19.7 Å². The van der Waals surface area contributed by atoms with E-state index in [0.717, 1.165) is 16.7 Å². The van der Waals surface area contributed by atoms with Crippen LogP contribution in [0.5, 0.6) is 11.5 Å². The predicted octanol–water partition coefficient (Wildman–Crippen LogP) is 3.44. The molecule has 0 unspecified atom stereocenters. The number of amides is 2. The Morgan fingerprint density at radius 2 is 1.76 bits per heavy atom. The maximum Gasteiger partial charge on any atom is 0.260 e. The van der Waals surface area contributed by atoms with Crippen LogP contribution in [-0.4, -0.2) is 54.5 Å². The average molecular weight is 448 g/mol. The highest BCUT2D eigenvalue weighted by atomic mass is 16.5. The van der Waals surface area contributed by atoms with Crippen molar-refractivity contribution in [3.8, 4) is 11.5 Å². The number of para-hydroxylation sites is 2. The van der Waals surface area contributed by atoms with Crippen molar-refractivity contribution in [1.29, 1.82) is 0 Å². The summed E-state index contributed by atoms with van der Waals surface area (Å²) in [5, 5.41) is 4.05. The number of aromatic nitrogens is 1. The lowest BCUT2D eigenvalue weighted by Gasteiger charge is -2.31. The molecule has 0 radical (unpaired) electrons. The van der Waals surface area contributed by atoms with Crippen LogP contribution in [0.25, 0.3) is 10.9 Å². The third kappa shape index (κ3) is 6.22. The van der Waals surface area contributed by atoms with Crippen molar-refractivity contribution in [2.45, 2.75) is 19.3 Å². The summed E-state index contributed by atoms with van der Waals surface area (Å²) in [5.41, 5.74) is 0.847. The molecule has 2 amide bonds. The number of fused-ring (bicyclic) bond motifs is 1. The fourth-order valence-corrected chi connectivity index (χ4v) is 3.95. The molecule has 1 saturated heterocycles. The minimum Gasteiger partial charge on any atom is -0.491 e. The molecule has 0 saturated carbocycles. The summed E-state index contributed by atoms with van der Waals surface area (Å²) < 4.78 is 11.4.